The Bertz CT molecular complexity index is 306. The first kappa shape index (κ1) is 12.7. The number of aromatic nitrogens is 2. The Labute approximate surface area is 96.8 Å². The molecule has 0 atom stereocenters. The summed E-state index contributed by atoms with van der Waals surface area (Å²) >= 11 is 0. The van der Waals surface area contributed by atoms with Gasteiger partial charge in [0, 0.05) is 26.2 Å². The molecule has 0 bridgehead atoms. The van der Waals surface area contributed by atoms with Crippen LogP contribution >= 0.6 is 0 Å². The van der Waals surface area contributed by atoms with Crippen LogP contribution in [0, 0.1) is 0 Å². The molecule has 0 aliphatic heterocycles. The fraction of sp³-hybridized carbons (Fsp3) is 0.636. The van der Waals surface area contributed by atoms with Gasteiger partial charge in [-0.1, -0.05) is 6.92 Å². The molecular weight excluding hydrogens is 204 g/mol. The Morgan fingerprint density at radius 2 is 2.19 bits per heavy atom. The van der Waals surface area contributed by atoms with Crippen LogP contribution in [0.15, 0.2) is 12.4 Å². The summed E-state index contributed by atoms with van der Waals surface area (Å²) in [5.74, 6) is 1.48. The van der Waals surface area contributed by atoms with E-state index in [-0.39, 0.29) is 0 Å². The highest BCUT2D eigenvalue weighted by Crippen LogP contribution is 2.13. The molecule has 0 radical (unpaired) electrons. The monoisotopic (exact) mass is 224 g/mol. The normalized spacial score (nSPS) is 10.2. The summed E-state index contributed by atoms with van der Waals surface area (Å²) in [6.45, 7) is 5.09. The predicted octanol–water partition coefficient (Wildman–Crippen LogP) is 0.921. The Balaban J connectivity index is 2.42. The number of ether oxygens (including phenoxy) is 1. The molecule has 0 saturated heterocycles. The molecular formula is C11H20N4O. The van der Waals surface area contributed by atoms with Gasteiger partial charge in [0.05, 0.1) is 7.11 Å². The molecule has 5 heteroatoms. The zero-order valence-electron chi connectivity index (χ0n) is 10.2. The van der Waals surface area contributed by atoms with Crippen molar-refractivity contribution in [3.63, 3.8) is 0 Å². The molecule has 0 aliphatic carbocycles. The van der Waals surface area contributed by atoms with Gasteiger partial charge >= 0.3 is 0 Å². The third-order valence-corrected chi connectivity index (χ3v) is 2.28. The summed E-state index contributed by atoms with van der Waals surface area (Å²) in [4.78, 5) is 10.2. The highest BCUT2D eigenvalue weighted by Gasteiger charge is 2.03. The molecule has 16 heavy (non-hydrogen) atoms. The van der Waals surface area contributed by atoms with E-state index in [9.17, 15) is 0 Å². The van der Waals surface area contributed by atoms with E-state index in [0.717, 1.165) is 31.9 Å². The third kappa shape index (κ3) is 4.02. The molecule has 0 amide bonds. The maximum Gasteiger partial charge on any atom is 0.218 e. The number of methoxy groups -OCH3 is 1. The Morgan fingerprint density at radius 1 is 1.38 bits per heavy atom. The summed E-state index contributed by atoms with van der Waals surface area (Å²) in [6.07, 6.45) is 2.68. The van der Waals surface area contributed by atoms with Gasteiger partial charge in [-0.15, -0.1) is 0 Å². The van der Waals surface area contributed by atoms with Crippen LogP contribution in [0.2, 0.25) is 0 Å². The first-order valence-corrected chi connectivity index (χ1v) is 5.55. The number of nitrogens with zero attached hydrogens (tertiary/aromatic N) is 3. The van der Waals surface area contributed by atoms with Crippen molar-refractivity contribution in [2.75, 3.05) is 38.7 Å². The summed E-state index contributed by atoms with van der Waals surface area (Å²) < 4.78 is 5.05. The van der Waals surface area contributed by atoms with Crippen LogP contribution in [0.5, 0.6) is 5.88 Å². The zero-order chi connectivity index (χ0) is 11.8. The number of rotatable bonds is 7. The van der Waals surface area contributed by atoms with Gasteiger partial charge in [0.15, 0.2) is 0 Å². The molecule has 0 fully saturated rings. The molecule has 1 aromatic heterocycles. The average molecular weight is 224 g/mol. The molecule has 0 spiro atoms. The number of hydrogen-bond acceptors (Lipinski definition) is 5. The van der Waals surface area contributed by atoms with Crippen molar-refractivity contribution >= 4 is 5.82 Å². The second-order valence-electron chi connectivity index (χ2n) is 3.59. The highest BCUT2D eigenvalue weighted by molar-refractivity contribution is 5.39. The SMILES string of the molecule is CCCNCCN(C)c1cc(OC)ncn1. The van der Waals surface area contributed by atoms with Crippen LogP contribution in [-0.2, 0) is 0 Å². The molecule has 1 heterocycles. The fourth-order valence-electron chi connectivity index (χ4n) is 1.31. The van der Waals surface area contributed by atoms with Crippen molar-refractivity contribution in [3.8, 4) is 5.88 Å². The molecule has 0 aromatic carbocycles. The van der Waals surface area contributed by atoms with Crippen LogP contribution in [0.1, 0.15) is 13.3 Å². The average Bonchev–Trinajstić information content (AvgIpc) is 2.34. The van der Waals surface area contributed by atoms with E-state index in [1.165, 1.54) is 6.33 Å². The highest BCUT2D eigenvalue weighted by atomic mass is 16.5. The Hall–Kier alpha value is -1.36. The topological polar surface area (TPSA) is 50.3 Å². The van der Waals surface area contributed by atoms with Gasteiger partial charge in [0.1, 0.15) is 12.1 Å². The van der Waals surface area contributed by atoms with Gasteiger partial charge in [0.2, 0.25) is 5.88 Å². The smallest absolute Gasteiger partial charge is 0.218 e. The number of hydrogen-bond donors (Lipinski definition) is 1. The van der Waals surface area contributed by atoms with E-state index < -0.39 is 0 Å². The molecule has 5 nitrogen and oxygen atoms in total. The maximum absolute atomic E-state index is 5.05. The zero-order valence-corrected chi connectivity index (χ0v) is 10.2. The van der Waals surface area contributed by atoms with Crippen LogP contribution < -0.4 is 15.0 Å². The summed E-state index contributed by atoms with van der Waals surface area (Å²) in [5, 5.41) is 3.35. The van der Waals surface area contributed by atoms with Crippen LogP contribution in [0.3, 0.4) is 0 Å². The van der Waals surface area contributed by atoms with Crippen LogP contribution in [0.25, 0.3) is 0 Å². The van der Waals surface area contributed by atoms with Crippen molar-refractivity contribution in [2.45, 2.75) is 13.3 Å². The maximum atomic E-state index is 5.05. The van der Waals surface area contributed by atoms with E-state index in [2.05, 4.69) is 27.1 Å². The summed E-state index contributed by atoms with van der Waals surface area (Å²) in [5.41, 5.74) is 0. The van der Waals surface area contributed by atoms with Crippen molar-refractivity contribution in [1.29, 1.82) is 0 Å². The minimum Gasteiger partial charge on any atom is -0.481 e. The van der Waals surface area contributed by atoms with E-state index in [1.54, 1.807) is 7.11 Å². The van der Waals surface area contributed by atoms with Gasteiger partial charge in [-0.3, -0.25) is 0 Å². The summed E-state index contributed by atoms with van der Waals surface area (Å²) in [6, 6.07) is 1.83. The third-order valence-electron chi connectivity index (χ3n) is 2.28. The first-order valence-electron chi connectivity index (χ1n) is 5.55. The minimum atomic E-state index is 0.596. The van der Waals surface area contributed by atoms with Crippen molar-refractivity contribution < 1.29 is 4.74 Å². The molecule has 1 N–H and O–H groups in total. The Morgan fingerprint density at radius 3 is 2.88 bits per heavy atom. The number of likely N-dealkylation sites (N-methyl/N-ethyl adjacent to an activating group) is 1. The van der Waals surface area contributed by atoms with Gasteiger partial charge < -0.3 is 15.0 Å². The van der Waals surface area contributed by atoms with Gasteiger partial charge in [0.25, 0.3) is 0 Å². The molecule has 0 saturated carbocycles. The quantitative estimate of drug-likeness (QED) is 0.698. The molecule has 0 aliphatic rings. The van der Waals surface area contributed by atoms with Gasteiger partial charge in [-0.2, -0.15) is 0 Å². The first-order chi connectivity index (χ1) is 7.77. The second-order valence-corrected chi connectivity index (χ2v) is 3.59. The van der Waals surface area contributed by atoms with Crippen molar-refractivity contribution in [3.05, 3.63) is 12.4 Å². The van der Waals surface area contributed by atoms with Crippen molar-refractivity contribution in [1.82, 2.24) is 15.3 Å². The molecule has 90 valence electrons. The molecule has 1 aromatic rings. The van der Waals surface area contributed by atoms with Crippen LogP contribution in [-0.4, -0.2) is 43.8 Å². The lowest BCUT2D eigenvalue weighted by Crippen LogP contribution is -2.30. The van der Waals surface area contributed by atoms with E-state index >= 15 is 0 Å². The van der Waals surface area contributed by atoms with E-state index in [1.807, 2.05) is 13.1 Å². The minimum absolute atomic E-state index is 0.596. The fourth-order valence-corrected chi connectivity index (χ4v) is 1.31. The predicted molar refractivity (Wildman–Crippen MR) is 65.0 cm³/mol. The summed E-state index contributed by atoms with van der Waals surface area (Å²) in [7, 11) is 3.62. The van der Waals surface area contributed by atoms with Crippen LogP contribution in [0.4, 0.5) is 5.82 Å². The lowest BCUT2D eigenvalue weighted by molar-refractivity contribution is 0.397. The number of anilines is 1. The van der Waals surface area contributed by atoms with E-state index in [4.69, 9.17) is 4.74 Å². The van der Waals surface area contributed by atoms with Gasteiger partial charge in [-0.05, 0) is 13.0 Å². The lowest BCUT2D eigenvalue weighted by Gasteiger charge is -2.18. The second kappa shape index (κ2) is 7.00. The molecule has 0 unspecified atom stereocenters. The largest absolute Gasteiger partial charge is 0.481 e. The molecule has 1 rings (SSSR count). The van der Waals surface area contributed by atoms with Crippen molar-refractivity contribution in [2.24, 2.45) is 0 Å². The number of nitrogens with one attached hydrogen (secondary N) is 1. The Kier molecular flexibility index (Phi) is 5.56. The van der Waals surface area contributed by atoms with E-state index in [0.29, 0.717) is 5.88 Å². The van der Waals surface area contributed by atoms with Gasteiger partial charge in [-0.25, -0.2) is 9.97 Å². The lowest BCUT2D eigenvalue weighted by atomic mass is 10.4. The standard InChI is InChI=1S/C11H20N4O/c1-4-5-12-6-7-15(2)10-8-11(16-3)14-9-13-10/h8-9,12H,4-7H2,1-3H3.